The molecule has 0 spiro atoms. The van der Waals surface area contributed by atoms with Crippen molar-refractivity contribution in [3.63, 3.8) is 0 Å². The Hall–Kier alpha value is -0.650. The topological polar surface area (TPSA) is 31.4 Å². The van der Waals surface area contributed by atoms with Crippen molar-refractivity contribution >= 4 is 21.6 Å². The molecule has 106 valence electrons. The minimum Gasteiger partial charge on any atom is -0.382 e. The molecule has 1 aliphatic heterocycles. The van der Waals surface area contributed by atoms with Gasteiger partial charge in [-0.25, -0.2) is 0 Å². The standard InChI is InChI=1S/C14H23BrN4/c1-3-18-4-6-19(7-5-18)12(2)9-17-14-8-13(15)10-16-11-14/h8,10-12,17H,3-7,9H2,1-2H3/t12-/m0/s1. The number of rotatable bonds is 5. The lowest BCUT2D eigenvalue weighted by molar-refractivity contribution is 0.110. The molecular weight excluding hydrogens is 304 g/mol. The van der Waals surface area contributed by atoms with Crippen LogP contribution in [0.4, 0.5) is 5.69 Å². The molecule has 1 fully saturated rings. The third-order valence-corrected chi connectivity index (χ3v) is 4.22. The molecule has 1 N–H and O–H groups in total. The molecule has 4 nitrogen and oxygen atoms in total. The number of nitrogens with one attached hydrogen (secondary N) is 1. The first-order valence-electron chi connectivity index (χ1n) is 7.00. The first-order valence-corrected chi connectivity index (χ1v) is 7.79. The Morgan fingerprint density at radius 1 is 1.32 bits per heavy atom. The van der Waals surface area contributed by atoms with Crippen molar-refractivity contribution in [1.29, 1.82) is 0 Å². The lowest BCUT2D eigenvalue weighted by atomic mass is 10.2. The molecule has 1 aromatic heterocycles. The molecule has 1 aliphatic rings. The molecule has 0 bridgehead atoms. The van der Waals surface area contributed by atoms with E-state index >= 15 is 0 Å². The maximum absolute atomic E-state index is 4.17. The molecule has 2 rings (SSSR count). The second-order valence-electron chi connectivity index (χ2n) is 5.09. The normalized spacial score (nSPS) is 19.3. The van der Waals surface area contributed by atoms with Crippen molar-refractivity contribution < 1.29 is 0 Å². The van der Waals surface area contributed by atoms with Crippen LogP contribution in [0.15, 0.2) is 22.9 Å². The van der Waals surface area contributed by atoms with E-state index in [9.17, 15) is 0 Å². The molecule has 0 saturated carbocycles. The zero-order valence-corrected chi connectivity index (χ0v) is 13.4. The van der Waals surface area contributed by atoms with Gasteiger partial charge in [-0.05, 0) is 35.5 Å². The van der Waals surface area contributed by atoms with Crippen molar-refractivity contribution in [3.05, 3.63) is 22.9 Å². The monoisotopic (exact) mass is 326 g/mol. The van der Waals surface area contributed by atoms with E-state index in [0.29, 0.717) is 6.04 Å². The average molecular weight is 327 g/mol. The summed E-state index contributed by atoms with van der Waals surface area (Å²) in [5.41, 5.74) is 1.08. The van der Waals surface area contributed by atoms with E-state index in [1.165, 1.54) is 32.7 Å². The number of piperazine rings is 1. The molecule has 1 aromatic rings. The van der Waals surface area contributed by atoms with Gasteiger partial charge in [0.15, 0.2) is 0 Å². The Morgan fingerprint density at radius 3 is 2.68 bits per heavy atom. The molecule has 19 heavy (non-hydrogen) atoms. The Balaban J connectivity index is 1.77. The molecule has 0 radical (unpaired) electrons. The summed E-state index contributed by atoms with van der Waals surface area (Å²) in [6.07, 6.45) is 3.67. The zero-order valence-electron chi connectivity index (χ0n) is 11.8. The molecule has 0 amide bonds. The number of hydrogen-bond donors (Lipinski definition) is 1. The summed E-state index contributed by atoms with van der Waals surface area (Å²) >= 11 is 3.44. The molecule has 5 heteroatoms. The number of pyridine rings is 1. The highest BCUT2D eigenvalue weighted by Crippen LogP contribution is 2.14. The van der Waals surface area contributed by atoms with Crippen LogP contribution in [0.25, 0.3) is 0 Å². The quantitative estimate of drug-likeness (QED) is 0.899. The molecule has 0 aliphatic carbocycles. The minimum absolute atomic E-state index is 0.554. The van der Waals surface area contributed by atoms with E-state index < -0.39 is 0 Å². The number of halogens is 1. The SMILES string of the molecule is CCN1CCN([C@@H](C)CNc2cncc(Br)c2)CC1. The van der Waals surface area contributed by atoms with Crippen molar-refractivity contribution in [1.82, 2.24) is 14.8 Å². The van der Waals surface area contributed by atoms with Gasteiger partial charge in [-0.2, -0.15) is 0 Å². The maximum atomic E-state index is 4.17. The first kappa shape index (κ1) is 14.8. The van der Waals surface area contributed by atoms with Crippen LogP contribution in [-0.4, -0.2) is 60.1 Å². The predicted molar refractivity (Wildman–Crippen MR) is 83.6 cm³/mol. The first-order chi connectivity index (χ1) is 9.19. The van der Waals surface area contributed by atoms with E-state index in [1.54, 1.807) is 6.20 Å². The van der Waals surface area contributed by atoms with Crippen molar-refractivity contribution in [2.75, 3.05) is 44.6 Å². The summed E-state index contributed by atoms with van der Waals surface area (Å²) in [4.78, 5) is 9.23. The lowest BCUT2D eigenvalue weighted by Crippen LogP contribution is -2.50. The van der Waals surface area contributed by atoms with Crippen LogP contribution in [0.2, 0.25) is 0 Å². The van der Waals surface area contributed by atoms with Crippen molar-refractivity contribution in [2.45, 2.75) is 19.9 Å². The molecule has 0 aromatic carbocycles. The average Bonchev–Trinajstić information content (AvgIpc) is 2.45. The second kappa shape index (κ2) is 7.22. The number of nitrogens with zero attached hydrogens (tertiary/aromatic N) is 3. The lowest BCUT2D eigenvalue weighted by Gasteiger charge is -2.37. The zero-order chi connectivity index (χ0) is 13.7. The fourth-order valence-electron chi connectivity index (χ4n) is 2.42. The van der Waals surface area contributed by atoms with Crippen LogP contribution in [-0.2, 0) is 0 Å². The van der Waals surface area contributed by atoms with Gasteiger partial charge in [0.2, 0.25) is 0 Å². The van der Waals surface area contributed by atoms with Gasteiger partial charge < -0.3 is 10.2 Å². The van der Waals surface area contributed by atoms with Crippen LogP contribution >= 0.6 is 15.9 Å². The van der Waals surface area contributed by atoms with Gasteiger partial charge in [-0.3, -0.25) is 9.88 Å². The van der Waals surface area contributed by atoms with Crippen LogP contribution in [0, 0.1) is 0 Å². The van der Waals surface area contributed by atoms with Gasteiger partial charge in [-0.15, -0.1) is 0 Å². The number of likely N-dealkylation sites (N-methyl/N-ethyl adjacent to an activating group) is 1. The van der Waals surface area contributed by atoms with Crippen LogP contribution in [0.3, 0.4) is 0 Å². The Kier molecular flexibility index (Phi) is 5.60. The Morgan fingerprint density at radius 2 is 2.05 bits per heavy atom. The summed E-state index contributed by atoms with van der Waals surface area (Å²) in [7, 11) is 0. The van der Waals surface area contributed by atoms with Gasteiger partial charge in [0.05, 0.1) is 11.9 Å². The Labute approximate surface area is 124 Å². The van der Waals surface area contributed by atoms with E-state index in [0.717, 1.165) is 16.7 Å². The van der Waals surface area contributed by atoms with Gasteiger partial charge in [0, 0.05) is 49.4 Å². The fraction of sp³-hybridized carbons (Fsp3) is 0.643. The van der Waals surface area contributed by atoms with Crippen molar-refractivity contribution in [3.8, 4) is 0 Å². The summed E-state index contributed by atoms with van der Waals surface area (Å²) in [6, 6.07) is 2.62. The van der Waals surface area contributed by atoms with E-state index in [2.05, 4.69) is 55.9 Å². The molecule has 1 saturated heterocycles. The number of aromatic nitrogens is 1. The molecule has 2 heterocycles. The third-order valence-electron chi connectivity index (χ3n) is 3.78. The smallest absolute Gasteiger partial charge is 0.0538 e. The maximum Gasteiger partial charge on any atom is 0.0538 e. The van der Waals surface area contributed by atoms with Crippen LogP contribution in [0.1, 0.15) is 13.8 Å². The van der Waals surface area contributed by atoms with Crippen LogP contribution in [0.5, 0.6) is 0 Å². The predicted octanol–water partition coefficient (Wildman–Crippen LogP) is 2.28. The Bertz CT molecular complexity index is 391. The highest BCUT2D eigenvalue weighted by Gasteiger charge is 2.19. The van der Waals surface area contributed by atoms with E-state index in [-0.39, 0.29) is 0 Å². The summed E-state index contributed by atoms with van der Waals surface area (Å²) in [6.45, 7) is 11.4. The summed E-state index contributed by atoms with van der Waals surface area (Å²) in [5, 5.41) is 3.46. The number of hydrogen-bond acceptors (Lipinski definition) is 4. The minimum atomic E-state index is 0.554. The largest absolute Gasteiger partial charge is 0.382 e. The van der Waals surface area contributed by atoms with Gasteiger partial charge in [-0.1, -0.05) is 6.92 Å². The summed E-state index contributed by atoms with van der Waals surface area (Å²) < 4.78 is 1.02. The van der Waals surface area contributed by atoms with Gasteiger partial charge >= 0.3 is 0 Å². The van der Waals surface area contributed by atoms with Crippen molar-refractivity contribution in [2.24, 2.45) is 0 Å². The van der Waals surface area contributed by atoms with E-state index in [1.807, 2.05) is 6.20 Å². The molecular formula is C14H23BrN4. The number of anilines is 1. The molecule has 0 unspecified atom stereocenters. The van der Waals surface area contributed by atoms with Gasteiger partial charge in [0.25, 0.3) is 0 Å². The molecule has 1 atom stereocenters. The summed E-state index contributed by atoms with van der Waals surface area (Å²) in [5.74, 6) is 0. The highest BCUT2D eigenvalue weighted by molar-refractivity contribution is 9.10. The third kappa shape index (κ3) is 4.44. The van der Waals surface area contributed by atoms with E-state index in [4.69, 9.17) is 0 Å². The van der Waals surface area contributed by atoms with Crippen LogP contribution < -0.4 is 5.32 Å². The fourth-order valence-corrected chi connectivity index (χ4v) is 2.79. The second-order valence-corrected chi connectivity index (χ2v) is 6.01. The highest BCUT2D eigenvalue weighted by atomic mass is 79.9. The van der Waals surface area contributed by atoms with Gasteiger partial charge in [0.1, 0.15) is 0 Å².